The van der Waals surface area contributed by atoms with Crippen LogP contribution in [0.25, 0.3) is 0 Å². The number of ether oxygens (including phenoxy) is 3. The second-order valence-electron chi connectivity index (χ2n) is 11.2. The number of nitrogens with one attached hydrogen (secondary N) is 2. The number of carbonyl (C=O) groups excluding carboxylic acids is 1. The fourth-order valence-electron chi connectivity index (χ4n) is 5.60. The van der Waals surface area contributed by atoms with E-state index in [9.17, 15) is 4.79 Å². The lowest BCUT2D eigenvalue weighted by Crippen LogP contribution is -2.31. The summed E-state index contributed by atoms with van der Waals surface area (Å²) in [5, 5.41) is 12.5. The Kier molecular flexibility index (Phi) is 11.1. The number of thioether (sulfide) groups is 1. The van der Waals surface area contributed by atoms with Crippen molar-refractivity contribution in [1.29, 1.82) is 0 Å². The number of benzene rings is 4. The van der Waals surface area contributed by atoms with Gasteiger partial charge in [-0.2, -0.15) is 4.98 Å². The molecule has 4 aromatic carbocycles. The number of fused-ring (bicyclic) bond motifs is 1. The van der Waals surface area contributed by atoms with Gasteiger partial charge in [0.2, 0.25) is 11.1 Å². The first-order chi connectivity index (χ1) is 23.9. The number of hydrogen-bond acceptors (Lipinski definition) is 8. The van der Waals surface area contributed by atoms with Gasteiger partial charge in [0.15, 0.2) is 11.5 Å². The van der Waals surface area contributed by atoms with Crippen LogP contribution >= 0.6 is 23.4 Å². The lowest BCUT2D eigenvalue weighted by atomic mass is 9.94. The van der Waals surface area contributed by atoms with E-state index in [0.717, 1.165) is 17.5 Å². The lowest BCUT2D eigenvalue weighted by molar-refractivity contribution is -0.113. The molecule has 1 aromatic heterocycles. The molecule has 11 heteroatoms. The van der Waals surface area contributed by atoms with Crippen LogP contribution in [0.3, 0.4) is 0 Å². The maximum absolute atomic E-state index is 14.2. The van der Waals surface area contributed by atoms with Gasteiger partial charge in [-0.25, -0.2) is 4.68 Å². The van der Waals surface area contributed by atoms with Crippen molar-refractivity contribution in [1.82, 2.24) is 14.8 Å². The Balaban J connectivity index is 1.34. The third kappa shape index (κ3) is 8.04. The Morgan fingerprint density at radius 3 is 2.43 bits per heavy atom. The zero-order valence-electron chi connectivity index (χ0n) is 27.6. The molecule has 6 rings (SSSR count). The summed E-state index contributed by atoms with van der Waals surface area (Å²) < 4.78 is 19.9. The van der Waals surface area contributed by atoms with Crippen molar-refractivity contribution < 1.29 is 19.0 Å². The quantitative estimate of drug-likeness (QED) is 0.112. The van der Waals surface area contributed by atoms with Crippen LogP contribution in [0.5, 0.6) is 17.2 Å². The topological polar surface area (TPSA) is 99.5 Å². The number of carbonyl (C=O) groups is 1. The molecule has 1 aliphatic heterocycles. The first-order valence-corrected chi connectivity index (χ1v) is 17.6. The third-order valence-corrected chi connectivity index (χ3v) is 9.16. The maximum atomic E-state index is 14.2. The first kappa shape index (κ1) is 34.0. The average molecular weight is 696 g/mol. The van der Waals surface area contributed by atoms with Crippen LogP contribution in [-0.2, 0) is 17.0 Å². The van der Waals surface area contributed by atoms with Gasteiger partial charge in [0.25, 0.3) is 5.91 Å². The maximum Gasteiger partial charge on any atom is 0.255 e. The monoisotopic (exact) mass is 695 g/mol. The van der Waals surface area contributed by atoms with Crippen molar-refractivity contribution in [2.45, 2.75) is 44.1 Å². The summed E-state index contributed by atoms with van der Waals surface area (Å²) in [6.45, 7) is 7.11. The average Bonchev–Trinajstić information content (AvgIpc) is 3.51. The molecule has 1 unspecified atom stereocenters. The normalized spacial score (nSPS) is 13.8. The Hall–Kier alpha value is -4.93. The summed E-state index contributed by atoms with van der Waals surface area (Å²) in [5.74, 6) is 2.62. The van der Waals surface area contributed by atoms with Gasteiger partial charge in [0, 0.05) is 22.9 Å². The SMILES string of the molecule is CCOc1ccccc1NC(=O)C1=C(C)Nc2nc(SCc3ccccc3Cl)nn2C1c1ccc(OCCc2ccccc2)c(OCC)c1. The number of rotatable bonds is 14. The number of para-hydroxylation sites is 2. The fraction of sp³-hybridized carbons (Fsp3) is 0.237. The number of allylic oxidation sites excluding steroid dienone is 1. The third-order valence-electron chi connectivity index (χ3n) is 7.90. The van der Waals surface area contributed by atoms with E-state index in [4.69, 9.17) is 35.9 Å². The zero-order chi connectivity index (χ0) is 34.2. The molecule has 0 saturated heterocycles. The highest BCUT2D eigenvalue weighted by molar-refractivity contribution is 7.98. The standard InChI is InChI=1S/C38H38ClN5O4S/c1-4-46-31-18-12-11-17-30(31)41-36(45)34-25(3)40-37-42-38(49-24-28-15-9-10-16-29(28)39)43-44(37)35(34)27-19-20-32(33(23-27)47-5-2)48-22-21-26-13-7-6-8-14-26/h6-20,23,35H,4-5,21-22,24H2,1-3H3,(H,41,45)(H,40,42,43). The van der Waals surface area contributed by atoms with E-state index >= 15 is 0 Å². The molecular formula is C38H38ClN5O4S. The van der Waals surface area contributed by atoms with Gasteiger partial charge in [0.1, 0.15) is 11.8 Å². The molecule has 2 N–H and O–H groups in total. The second-order valence-corrected chi connectivity index (χ2v) is 12.6. The van der Waals surface area contributed by atoms with Gasteiger partial charge in [-0.05, 0) is 67.8 Å². The van der Waals surface area contributed by atoms with E-state index < -0.39 is 6.04 Å². The largest absolute Gasteiger partial charge is 0.492 e. The predicted molar refractivity (Wildman–Crippen MR) is 195 cm³/mol. The summed E-state index contributed by atoms with van der Waals surface area (Å²) in [4.78, 5) is 19.0. The van der Waals surface area contributed by atoms with Gasteiger partial charge >= 0.3 is 0 Å². The molecule has 0 aliphatic carbocycles. The number of nitrogens with zero attached hydrogens (tertiary/aromatic N) is 3. The molecule has 252 valence electrons. The zero-order valence-corrected chi connectivity index (χ0v) is 29.2. The van der Waals surface area contributed by atoms with E-state index in [0.29, 0.717) is 75.9 Å². The molecule has 1 atom stereocenters. The molecule has 0 bridgehead atoms. The Labute approximate surface area is 295 Å². The molecule has 0 fully saturated rings. The number of aromatic nitrogens is 3. The molecule has 5 aromatic rings. The van der Waals surface area contributed by atoms with Crippen LogP contribution in [0, 0.1) is 0 Å². The van der Waals surface area contributed by atoms with Crippen molar-refractivity contribution in [2.24, 2.45) is 0 Å². The summed E-state index contributed by atoms with van der Waals surface area (Å²) in [7, 11) is 0. The Morgan fingerprint density at radius 1 is 0.898 bits per heavy atom. The molecule has 0 radical (unpaired) electrons. The minimum atomic E-state index is -0.629. The highest BCUT2D eigenvalue weighted by atomic mass is 35.5. The van der Waals surface area contributed by atoms with Crippen LogP contribution in [0.15, 0.2) is 113 Å². The summed E-state index contributed by atoms with van der Waals surface area (Å²) >= 11 is 7.90. The summed E-state index contributed by atoms with van der Waals surface area (Å²) in [6, 6.07) is 30.5. The summed E-state index contributed by atoms with van der Waals surface area (Å²) in [6.07, 6.45) is 0.759. The van der Waals surface area contributed by atoms with Gasteiger partial charge in [-0.1, -0.05) is 90.1 Å². The Morgan fingerprint density at radius 2 is 1.63 bits per heavy atom. The van der Waals surface area contributed by atoms with Crippen LogP contribution < -0.4 is 24.8 Å². The molecule has 0 saturated carbocycles. The molecule has 1 aliphatic rings. The molecular weight excluding hydrogens is 658 g/mol. The van der Waals surface area contributed by atoms with Crippen LogP contribution in [-0.4, -0.2) is 40.5 Å². The van der Waals surface area contributed by atoms with Crippen molar-refractivity contribution >= 4 is 40.9 Å². The number of halogens is 1. The van der Waals surface area contributed by atoms with Gasteiger partial charge in [0.05, 0.1) is 31.1 Å². The highest BCUT2D eigenvalue weighted by Crippen LogP contribution is 2.41. The van der Waals surface area contributed by atoms with E-state index in [-0.39, 0.29) is 5.91 Å². The van der Waals surface area contributed by atoms with Crippen LogP contribution in [0.4, 0.5) is 11.6 Å². The van der Waals surface area contributed by atoms with Crippen molar-refractivity contribution in [3.05, 3.63) is 130 Å². The van der Waals surface area contributed by atoms with Crippen molar-refractivity contribution in [3.8, 4) is 17.2 Å². The number of amides is 1. The predicted octanol–water partition coefficient (Wildman–Crippen LogP) is 8.57. The number of anilines is 2. The van der Waals surface area contributed by atoms with E-state index in [1.807, 2.05) is 106 Å². The smallest absolute Gasteiger partial charge is 0.255 e. The fourth-order valence-corrected chi connectivity index (χ4v) is 6.71. The minimum Gasteiger partial charge on any atom is -0.492 e. The van der Waals surface area contributed by atoms with Crippen LogP contribution in [0.2, 0.25) is 5.02 Å². The van der Waals surface area contributed by atoms with Crippen LogP contribution in [0.1, 0.15) is 43.5 Å². The Bertz CT molecular complexity index is 1950. The minimum absolute atomic E-state index is 0.297. The molecule has 0 spiro atoms. The van der Waals surface area contributed by atoms with Gasteiger partial charge in [-0.3, -0.25) is 4.79 Å². The van der Waals surface area contributed by atoms with E-state index in [1.165, 1.54) is 17.3 Å². The highest BCUT2D eigenvalue weighted by Gasteiger charge is 2.35. The van der Waals surface area contributed by atoms with E-state index in [2.05, 4.69) is 22.8 Å². The van der Waals surface area contributed by atoms with Crippen molar-refractivity contribution in [3.63, 3.8) is 0 Å². The molecule has 1 amide bonds. The summed E-state index contributed by atoms with van der Waals surface area (Å²) in [5.41, 5.74) is 4.67. The molecule has 49 heavy (non-hydrogen) atoms. The lowest BCUT2D eigenvalue weighted by Gasteiger charge is -2.29. The van der Waals surface area contributed by atoms with Gasteiger partial charge in [-0.15, -0.1) is 5.10 Å². The number of hydrogen-bond donors (Lipinski definition) is 2. The molecule has 2 heterocycles. The molecule has 9 nitrogen and oxygen atoms in total. The van der Waals surface area contributed by atoms with Crippen molar-refractivity contribution in [2.75, 3.05) is 30.5 Å². The second kappa shape index (κ2) is 16.0. The van der Waals surface area contributed by atoms with E-state index in [1.54, 1.807) is 4.68 Å². The first-order valence-electron chi connectivity index (χ1n) is 16.2. The van der Waals surface area contributed by atoms with Gasteiger partial charge < -0.3 is 24.8 Å².